The number of rotatable bonds is 4. The number of amides is 2. The number of esters is 1. The van der Waals surface area contributed by atoms with Crippen molar-refractivity contribution < 1.29 is 19.1 Å². The molecule has 2 aliphatic rings. The van der Waals surface area contributed by atoms with Crippen LogP contribution < -0.4 is 5.32 Å². The van der Waals surface area contributed by atoms with Gasteiger partial charge in [-0.1, -0.05) is 30.3 Å². The summed E-state index contributed by atoms with van der Waals surface area (Å²) in [6.07, 6.45) is 2.12. The van der Waals surface area contributed by atoms with Crippen LogP contribution in [-0.2, 0) is 14.3 Å². The normalized spacial score (nSPS) is 22.4. The number of nitrogens with zero attached hydrogens (tertiary/aromatic N) is 1. The lowest BCUT2D eigenvalue weighted by Gasteiger charge is -2.34. The van der Waals surface area contributed by atoms with Crippen LogP contribution in [0.15, 0.2) is 30.3 Å². The van der Waals surface area contributed by atoms with Gasteiger partial charge in [0.2, 0.25) is 0 Å². The molecule has 1 atom stereocenters. The van der Waals surface area contributed by atoms with Crippen molar-refractivity contribution in [2.45, 2.75) is 25.2 Å². The van der Waals surface area contributed by atoms with Crippen LogP contribution in [0.4, 0.5) is 4.79 Å². The number of methoxy groups -OCH3 is 1. The lowest BCUT2D eigenvalue weighted by Crippen LogP contribution is -2.49. The van der Waals surface area contributed by atoms with Gasteiger partial charge in [-0.3, -0.25) is 4.79 Å². The third-order valence-corrected chi connectivity index (χ3v) is 5.39. The van der Waals surface area contributed by atoms with Gasteiger partial charge in [0, 0.05) is 38.8 Å². The molecule has 2 saturated heterocycles. The van der Waals surface area contributed by atoms with Gasteiger partial charge in [0.1, 0.15) is 0 Å². The average molecular weight is 346 g/mol. The Morgan fingerprint density at radius 2 is 2.00 bits per heavy atom. The highest BCUT2D eigenvalue weighted by atomic mass is 16.5. The molecule has 6 nitrogen and oxygen atoms in total. The van der Waals surface area contributed by atoms with Crippen LogP contribution in [0.3, 0.4) is 0 Å². The second kappa shape index (κ2) is 7.87. The number of ether oxygens (including phenoxy) is 2. The first-order valence-electron chi connectivity index (χ1n) is 8.88. The molecule has 0 spiro atoms. The third-order valence-electron chi connectivity index (χ3n) is 5.39. The highest BCUT2D eigenvalue weighted by Crippen LogP contribution is 2.32. The monoisotopic (exact) mass is 346 g/mol. The molecule has 25 heavy (non-hydrogen) atoms. The van der Waals surface area contributed by atoms with E-state index in [1.165, 1.54) is 12.7 Å². The summed E-state index contributed by atoms with van der Waals surface area (Å²) in [4.78, 5) is 26.6. The molecule has 2 amide bonds. The van der Waals surface area contributed by atoms with E-state index in [1.807, 2.05) is 23.1 Å². The van der Waals surface area contributed by atoms with Crippen LogP contribution in [0.25, 0.3) is 0 Å². The minimum absolute atomic E-state index is 0.104. The fraction of sp³-hybridized carbons (Fsp3) is 0.579. The molecule has 2 heterocycles. The molecule has 0 bridgehead atoms. The van der Waals surface area contributed by atoms with E-state index in [2.05, 4.69) is 17.4 Å². The van der Waals surface area contributed by atoms with Gasteiger partial charge in [0.05, 0.1) is 12.5 Å². The number of hydrogen-bond acceptors (Lipinski definition) is 4. The SMILES string of the molecule is COC(=O)C1(CNC(=O)N2CC[C@@H](c3ccccc3)C2)CCOCC1. The highest BCUT2D eigenvalue weighted by molar-refractivity contribution is 5.79. The molecule has 1 aromatic carbocycles. The van der Waals surface area contributed by atoms with Crippen molar-refractivity contribution in [3.8, 4) is 0 Å². The predicted octanol–water partition coefficient (Wildman–Crippen LogP) is 2.16. The zero-order chi connectivity index (χ0) is 17.7. The summed E-state index contributed by atoms with van der Waals surface area (Å²) in [6, 6.07) is 10.2. The number of hydrogen-bond donors (Lipinski definition) is 1. The Morgan fingerprint density at radius 1 is 1.28 bits per heavy atom. The minimum Gasteiger partial charge on any atom is -0.469 e. The van der Waals surface area contributed by atoms with Gasteiger partial charge in [-0.15, -0.1) is 0 Å². The zero-order valence-electron chi connectivity index (χ0n) is 14.7. The number of benzene rings is 1. The lowest BCUT2D eigenvalue weighted by atomic mass is 9.80. The van der Waals surface area contributed by atoms with Gasteiger partial charge in [0.15, 0.2) is 0 Å². The second-order valence-corrected chi connectivity index (χ2v) is 6.89. The largest absolute Gasteiger partial charge is 0.469 e. The van der Waals surface area contributed by atoms with Crippen molar-refractivity contribution in [1.29, 1.82) is 0 Å². The summed E-state index contributed by atoms with van der Waals surface area (Å²) in [5, 5.41) is 2.95. The van der Waals surface area contributed by atoms with E-state index in [0.29, 0.717) is 45.1 Å². The summed E-state index contributed by atoms with van der Waals surface area (Å²) < 4.78 is 10.3. The highest BCUT2D eigenvalue weighted by Gasteiger charge is 2.42. The molecular formula is C19H26N2O4. The number of likely N-dealkylation sites (tertiary alicyclic amines) is 1. The smallest absolute Gasteiger partial charge is 0.317 e. The van der Waals surface area contributed by atoms with Gasteiger partial charge in [-0.2, -0.15) is 0 Å². The average Bonchev–Trinajstić information content (AvgIpc) is 3.17. The molecule has 0 aliphatic carbocycles. The number of urea groups is 1. The first kappa shape index (κ1) is 17.7. The van der Waals surface area contributed by atoms with E-state index in [9.17, 15) is 9.59 Å². The van der Waals surface area contributed by atoms with Crippen molar-refractivity contribution in [3.05, 3.63) is 35.9 Å². The van der Waals surface area contributed by atoms with E-state index in [4.69, 9.17) is 9.47 Å². The molecule has 0 unspecified atom stereocenters. The Labute approximate surface area is 148 Å². The number of carbonyl (C=O) groups excluding carboxylic acids is 2. The van der Waals surface area contributed by atoms with E-state index in [1.54, 1.807) is 0 Å². The second-order valence-electron chi connectivity index (χ2n) is 6.89. The molecule has 1 aromatic rings. The Hall–Kier alpha value is -2.08. The summed E-state index contributed by atoms with van der Waals surface area (Å²) in [6.45, 7) is 2.79. The van der Waals surface area contributed by atoms with E-state index in [0.717, 1.165) is 13.0 Å². The quantitative estimate of drug-likeness (QED) is 0.849. The standard InChI is InChI=1S/C19H26N2O4/c1-24-17(22)19(8-11-25-12-9-19)14-20-18(23)21-10-7-16(13-21)15-5-3-2-4-6-15/h2-6,16H,7-14H2,1H3,(H,20,23)/t16-/m1/s1. The maximum absolute atomic E-state index is 12.5. The Bertz CT molecular complexity index is 599. The van der Waals surface area contributed by atoms with Crippen LogP contribution in [0.5, 0.6) is 0 Å². The number of carbonyl (C=O) groups is 2. The Morgan fingerprint density at radius 3 is 2.68 bits per heavy atom. The minimum atomic E-state index is -0.665. The molecule has 1 N–H and O–H groups in total. The summed E-state index contributed by atoms with van der Waals surface area (Å²) in [7, 11) is 1.40. The van der Waals surface area contributed by atoms with Crippen LogP contribution in [0.2, 0.25) is 0 Å². The van der Waals surface area contributed by atoms with Gasteiger partial charge in [-0.25, -0.2) is 4.79 Å². The Kier molecular flexibility index (Phi) is 5.58. The first-order chi connectivity index (χ1) is 12.1. The topological polar surface area (TPSA) is 67.9 Å². The van der Waals surface area contributed by atoms with Crippen molar-refractivity contribution in [1.82, 2.24) is 10.2 Å². The summed E-state index contributed by atoms with van der Waals surface area (Å²) >= 11 is 0. The zero-order valence-corrected chi connectivity index (χ0v) is 14.7. The van der Waals surface area contributed by atoms with Crippen LogP contribution in [0.1, 0.15) is 30.7 Å². The van der Waals surface area contributed by atoms with Crippen molar-refractivity contribution in [2.75, 3.05) is 40.0 Å². The molecule has 0 aromatic heterocycles. The van der Waals surface area contributed by atoms with Gasteiger partial charge >= 0.3 is 12.0 Å². The number of nitrogens with one attached hydrogen (secondary N) is 1. The molecule has 0 radical (unpaired) electrons. The van der Waals surface area contributed by atoms with Gasteiger partial charge < -0.3 is 19.7 Å². The molecule has 6 heteroatoms. The molecule has 2 fully saturated rings. The fourth-order valence-electron chi connectivity index (χ4n) is 3.73. The summed E-state index contributed by atoms with van der Waals surface area (Å²) in [5.41, 5.74) is 0.606. The van der Waals surface area contributed by atoms with Crippen LogP contribution in [0, 0.1) is 5.41 Å². The fourth-order valence-corrected chi connectivity index (χ4v) is 3.73. The van der Waals surface area contributed by atoms with Crippen molar-refractivity contribution in [3.63, 3.8) is 0 Å². The lowest BCUT2D eigenvalue weighted by molar-refractivity contribution is -0.158. The van der Waals surface area contributed by atoms with E-state index < -0.39 is 5.41 Å². The van der Waals surface area contributed by atoms with Gasteiger partial charge in [-0.05, 0) is 24.8 Å². The molecule has 2 aliphatic heterocycles. The maximum atomic E-state index is 12.5. The molecule has 0 saturated carbocycles. The third kappa shape index (κ3) is 3.95. The van der Waals surface area contributed by atoms with E-state index >= 15 is 0 Å². The summed E-state index contributed by atoms with van der Waals surface area (Å²) in [5.74, 6) is 0.115. The van der Waals surface area contributed by atoms with Crippen LogP contribution >= 0.6 is 0 Å². The maximum Gasteiger partial charge on any atom is 0.317 e. The first-order valence-corrected chi connectivity index (χ1v) is 8.88. The van der Waals surface area contributed by atoms with Crippen molar-refractivity contribution in [2.24, 2.45) is 5.41 Å². The van der Waals surface area contributed by atoms with Gasteiger partial charge in [0.25, 0.3) is 0 Å². The molecule has 136 valence electrons. The predicted molar refractivity (Wildman–Crippen MR) is 93.3 cm³/mol. The van der Waals surface area contributed by atoms with E-state index in [-0.39, 0.29) is 12.0 Å². The molecular weight excluding hydrogens is 320 g/mol. The molecule has 3 rings (SSSR count). The van der Waals surface area contributed by atoms with Crippen molar-refractivity contribution >= 4 is 12.0 Å². The van der Waals surface area contributed by atoms with Crippen LogP contribution in [-0.4, -0.2) is 56.9 Å². The Balaban J connectivity index is 1.56.